The monoisotopic (exact) mass is 381 g/mol. The van der Waals surface area contributed by atoms with E-state index in [0.29, 0.717) is 25.4 Å². The third kappa shape index (κ3) is 5.22. The van der Waals surface area contributed by atoms with Gasteiger partial charge in [-0.1, -0.05) is 35.0 Å². The van der Waals surface area contributed by atoms with Gasteiger partial charge in [0.2, 0.25) is 0 Å². The van der Waals surface area contributed by atoms with Crippen LogP contribution in [-0.4, -0.2) is 13.7 Å². The number of methoxy groups -OCH3 is 1. The van der Waals surface area contributed by atoms with Gasteiger partial charge in [-0.15, -0.1) is 0 Å². The van der Waals surface area contributed by atoms with E-state index in [1.807, 2.05) is 12.1 Å². The summed E-state index contributed by atoms with van der Waals surface area (Å²) in [7, 11) is 1.64. The molecule has 0 heterocycles. The van der Waals surface area contributed by atoms with E-state index in [0.717, 1.165) is 27.8 Å². The molecule has 2 aromatic carbocycles. The molecule has 0 aliphatic rings. The maximum Gasteiger partial charge on any atom is 0.165 e. The lowest BCUT2D eigenvalue weighted by atomic mass is 10.1. The van der Waals surface area contributed by atoms with E-state index in [-0.39, 0.29) is 5.82 Å². The van der Waals surface area contributed by atoms with Gasteiger partial charge in [0.25, 0.3) is 0 Å². The molecule has 0 fully saturated rings. The molecule has 0 spiro atoms. The first-order valence-corrected chi connectivity index (χ1v) is 8.37. The van der Waals surface area contributed by atoms with Crippen molar-refractivity contribution < 1.29 is 13.9 Å². The molecule has 0 saturated heterocycles. The lowest BCUT2D eigenvalue weighted by molar-refractivity contribution is 0.290. The van der Waals surface area contributed by atoms with Crippen molar-refractivity contribution in [1.29, 1.82) is 0 Å². The summed E-state index contributed by atoms with van der Waals surface area (Å²) in [6, 6.07) is 10.4. The van der Waals surface area contributed by atoms with Gasteiger partial charge in [-0.3, -0.25) is 0 Å². The summed E-state index contributed by atoms with van der Waals surface area (Å²) >= 11 is 3.50. The van der Waals surface area contributed by atoms with Gasteiger partial charge in [-0.2, -0.15) is 0 Å². The highest BCUT2D eigenvalue weighted by atomic mass is 79.9. The van der Waals surface area contributed by atoms with E-state index in [1.54, 1.807) is 19.2 Å². The van der Waals surface area contributed by atoms with Crippen LogP contribution >= 0.6 is 15.9 Å². The second kappa shape index (κ2) is 8.89. The molecule has 0 unspecified atom stereocenters. The number of hydrogen-bond donors (Lipinski definition) is 1. The van der Waals surface area contributed by atoms with E-state index in [9.17, 15) is 4.39 Å². The fraction of sp³-hybridized carbons (Fsp3) is 0.333. The van der Waals surface area contributed by atoms with Crippen LogP contribution in [0.5, 0.6) is 11.5 Å². The Balaban J connectivity index is 2.07. The molecule has 0 atom stereocenters. The summed E-state index contributed by atoms with van der Waals surface area (Å²) in [5.41, 5.74) is 2.05. The SMILES string of the molecule is CCCOc1c(CNCc2ccc(F)cc2)cc(Br)cc1OC. The molecular weight excluding hydrogens is 361 g/mol. The van der Waals surface area contributed by atoms with Crippen LogP contribution in [0.1, 0.15) is 24.5 Å². The van der Waals surface area contributed by atoms with E-state index >= 15 is 0 Å². The van der Waals surface area contributed by atoms with E-state index < -0.39 is 0 Å². The van der Waals surface area contributed by atoms with Crippen LogP contribution in [0, 0.1) is 5.82 Å². The number of benzene rings is 2. The van der Waals surface area contributed by atoms with Gasteiger partial charge in [-0.05, 0) is 36.2 Å². The van der Waals surface area contributed by atoms with Gasteiger partial charge in [0.05, 0.1) is 13.7 Å². The molecule has 0 aliphatic heterocycles. The van der Waals surface area contributed by atoms with E-state index in [4.69, 9.17) is 9.47 Å². The minimum Gasteiger partial charge on any atom is -0.493 e. The summed E-state index contributed by atoms with van der Waals surface area (Å²) in [6.07, 6.45) is 0.932. The standard InChI is InChI=1S/C18H21BrFNO2/c1-3-8-23-18-14(9-15(19)10-17(18)22-2)12-21-11-13-4-6-16(20)7-5-13/h4-7,9-10,21H,3,8,11-12H2,1-2H3. The summed E-state index contributed by atoms with van der Waals surface area (Å²) in [6.45, 7) is 4.00. The van der Waals surface area contributed by atoms with Crippen molar-refractivity contribution in [3.8, 4) is 11.5 Å². The maximum atomic E-state index is 12.9. The third-order valence-electron chi connectivity index (χ3n) is 3.32. The Kier molecular flexibility index (Phi) is 6.86. The fourth-order valence-electron chi connectivity index (χ4n) is 2.22. The second-order valence-corrected chi connectivity index (χ2v) is 6.09. The molecule has 3 nitrogen and oxygen atoms in total. The first-order valence-electron chi connectivity index (χ1n) is 7.58. The largest absolute Gasteiger partial charge is 0.493 e. The Morgan fingerprint density at radius 3 is 2.52 bits per heavy atom. The number of hydrogen-bond acceptors (Lipinski definition) is 3. The lowest BCUT2D eigenvalue weighted by Crippen LogP contribution is -2.14. The summed E-state index contributed by atoms with van der Waals surface area (Å²) in [5.74, 6) is 1.26. The molecule has 2 rings (SSSR count). The second-order valence-electron chi connectivity index (χ2n) is 5.17. The van der Waals surface area contributed by atoms with Gasteiger partial charge in [0, 0.05) is 23.1 Å². The average Bonchev–Trinajstić information content (AvgIpc) is 2.55. The van der Waals surface area contributed by atoms with Crippen molar-refractivity contribution in [2.24, 2.45) is 0 Å². The molecule has 1 N–H and O–H groups in total. The minimum atomic E-state index is -0.222. The van der Waals surface area contributed by atoms with Crippen molar-refractivity contribution in [1.82, 2.24) is 5.32 Å². The van der Waals surface area contributed by atoms with Crippen molar-refractivity contribution >= 4 is 15.9 Å². The van der Waals surface area contributed by atoms with E-state index in [1.165, 1.54) is 12.1 Å². The van der Waals surface area contributed by atoms with Crippen molar-refractivity contribution in [2.75, 3.05) is 13.7 Å². The topological polar surface area (TPSA) is 30.5 Å². The van der Waals surface area contributed by atoms with Crippen LogP contribution in [0.25, 0.3) is 0 Å². The van der Waals surface area contributed by atoms with Crippen molar-refractivity contribution in [3.63, 3.8) is 0 Å². The average molecular weight is 382 g/mol. The highest BCUT2D eigenvalue weighted by Crippen LogP contribution is 2.35. The smallest absolute Gasteiger partial charge is 0.165 e. The summed E-state index contributed by atoms with van der Waals surface area (Å²) in [5, 5.41) is 3.35. The highest BCUT2D eigenvalue weighted by Gasteiger charge is 2.12. The minimum absolute atomic E-state index is 0.222. The molecule has 0 aliphatic carbocycles. The van der Waals surface area contributed by atoms with E-state index in [2.05, 4.69) is 28.2 Å². The summed E-state index contributed by atoms with van der Waals surface area (Å²) in [4.78, 5) is 0. The van der Waals surface area contributed by atoms with Crippen molar-refractivity contribution in [3.05, 3.63) is 57.8 Å². The first kappa shape index (κ1) is 17.8. The van der Waals surface area contributed by atoms with Gasteiger partial charge in [-0.25, -0.2) is 4.39 Å². The van der Waals surface area contributed by atoms with Gasteiger partial charge >= 0.3 is 0 Å². The van der Waals surface area contributed by atoms with Crippen LogP contribution in [0.4, 0.5) is 4.39 Å². The predicted molar refractivity (Wildman–Crippen MR) is 93.4 cm³/mol. The number of ether oxygens (including phenoxy) is 2. The summed E-state index contributed by atoms with van der Waals surface area (Å²) < 4.78 is 25.1. The maximum absolute atomic E-state index is 12.9. The normalized spacial score (nSPS) is 10.6. The molecule has 5 heteroatoms. The zero-order chi connectivity index (χ0) is 16.7. The zero-order valence-corrected chi connectivity index (χ0v) is 15.0. The Bertz CT molecular complexity index is 632. The quantitative estimate of drug-likeness (QED) is 0.720. The van der Waals surface area contributed by atoms with Crippen LogP contribution < -0.4 is 14.8 Å². The number of halogens is 2. The molecule has 0 saturated carbocycles. The molecule has 124 valence electrons. The Hall–Kier alpha value is -1.59. The molecule has 0 aromatic heterocycles. The lowest BCUT2D eigenvalue weighted by Gasteiger charge is -2.16. The zero-order valence-electron chi connectivity index (χ0n) is 13.4. The predicted octanol–water partition coefficient (Wildman–Crippen LogP) is 4.68. The van der Waals surface area contributed by atoms with Crippen LogP contribution in [0.2, 0.25) is 0 Å². The molecule has 0 radical (unpaired) electrons. The molecule has 23 heavy (non-hydrogen) atoms. The Morgan fingerprint density at radius 1 is 1.13 bits per heavy atom. The van der Waals surface area contributed by atoms with Gasteiger partial charge in [0.15, 0.2) is 11.5 Å². The first-order chi connectivity index (χ1) is 11.1. The molecule has 2 aromatic rings. The van der Waals surface area contributed by atoms with Crippen LogP contribution in [0.3, 0.4) is 0 Å². The van der Waals surface area contributed by atoms with Crippen LogP contribution in [0.15, 0.2) is 40.9 Å². The molecule has 0 bridgehead atoms. The van der Waals surface area contributed by atoms with Gasteiger partial charge in [0.1, 0.15) is 5.82 Å². The highest BCUT2D eigenvalue weighted by molar-refractivity contribution is 9.10. The molecule has 0 amide bonds. The third-order valence-corrected chi connectivity index (χ3v) is 3.78. The fourth-order valence-corrected chi connectivity index (χ4v) is 2.70. The Morgan fingerprint density at radius 2 is 1.87 bits per heavy atom. The van der Waals surface area contributed by atoms with Crippen LogP contribution in [-0.2, 0) is 13.1 Å². The Labute approximate surface area is 144 Å². The van der Waals surface area contributed by atoms with Crippen molar-refractivity contribution in [2.45, 2.75) is 26.4 Å². The molecular formula is C18H21BrFNO2. The number of rotatable bonds is 8. The number of nitrogens with one attached hydrogen (secondary N) is 1. The van der Waals surface area contributed by atoms with Gasteiger partial charge < -0.3 is 14.8 Å².